The minimum atomic E-state index is -1.06. The number of piperidine rings is 1. The van der Waals surface area contributed by atoms with E-state index in [9.17, 15) is 24.3 Å². The van der Waals surface area contributed by atoms with Gasteiger partial charge in [0.2, 0.25) is 23.6 Å². The zero-order valence-electron chi connectivity index (χ0n) is 27.9. The van der Waals surface area contributed by atoms with Gasteiger partial charge in [-0.15, -0.1) is 0 Å². The van der Waals surface area contributed by atoms with Gasteiger partial charge in [-0.25, -0.2) is 0 Å². The lowest BCUT2D eigenvalue weighted by Gasteiger charge is -2.41. The summed E-state index contributed by atoms with van der Waals surface area (Å²) < 4.78 is 0. The Morgan fingerprint density at radius 3 is 2.16 bits per heavy atom. The molecule has 0 aromatic carbocycles. The standard InChI is InChI=1S/C32H57N5O6/c1-20(2)26(17-22(5)30(42)37-16-12-14-24(37)28(40)33-18-23(39)19-38)35(9)31(43)27(32(6,7)8)34-29(41)25-13-10-11-15-36(25)21(3)4/h17,20-21,23-27,38-39H,10-16,18-19H2,1-9H3,(H,33,40)(H,34,41)/b22-17+/t23-,24-,25?,26+,27+/m0/s1. The molecule has 2 aliphatic heterocycles. The highest BCUT2D eigenvalue weighted by molar-refractivity contribution is 5.97. The molecule has 43 heavy (non-hydrogen) atoms. The maximum Gasteiger partial charge on any atom is 0.249 e. The molecule has 1 unspecified atom stereocenters. The van der Waals surface area contributed by atoms with Crippen molar-refractivity contribution >= 4 is 23.6 Å². The Morgan fingerprint density at radius 2 is 1.60 bits per heavy atom. The monoisotopic (exact) mass is 607 g/mol. The minimum Gasteiger partial charge on any atom is -0.394 e. The summed E-state index contributed by atoms with van der Waals surface area (Å²) in [5.41, 5.74) is -0.117. The van der Waals surface area contributed by atoms with Gasteiger partial charge in [0.05, 0.1) is 24.8 Å². The largest absolute Gasteiger partial charge is 0.394 e. The molecule has 5 atom stereocenters. The molecule has 2 saturated heterocycles. The number of nitrogens with one attached hydrogen (secondary N) is 2. The molecule has 2 aliphatic rings. The second-order valence-electron chi connectivity index (χ2n) is 13.9. The summed E-state index contributed by atoms with van der Waals surface area (Å²) in [6.45, 7) is 16.4. The van der Waals surface area contributed by atoms with Crippen molar-refractivity contribution in [1.29, 1.82) is 0 Å². The van der Waals surface area contributed by atoms with Crippen molar-refractivity contribution in [2.45, 2.75) is 124 Å². The lowest BCUT2D eigenvalue weighted by Crippen LogP contribution is -2.60. The van der Waals surface area contributed by atoms with Crippen LogP contribution in [-0.2, 0) is 19.2 Å². The van der Waals surface area contributed by atoms with Crippen LogP contribution in [0, 0.1) is 11.3 Å². The Bertz CT molecular complexity index is 1010. The van der Waals surface area contributed by atoms with Gasteiger partial charge in [-0.05, 0) is 64.3 Å². The molecule has 4 amide bonds. The number of carbonyl (C=O) groups is 4. The van der Waals surface area contributed by atoms with Gasteiger partial charge in [0, 0.05) is 31.8 Å². The van der Waals surface area contributed by atoms with Crippen molar-refractivity contribution in [2.75, 3.05) is 33.3 Å². The number of amides is 4. The van der Waals surface area contributed by atoms with Crippen molar-refractivity contribution in [3.63, 3.8) is 0 Å². The van der Waals surface area contributed by atoms with Crippen molar-refractivity contribution in [3.8, 4) is 0 Å². The van der Waals surface area contributed by atoms with Crippen molar-refractivity contribution < 1.29 is 29.4 Å². The first-order valence-corrected chi connectivity index (χ1v) is 15.9. The molecule has 0 aromatic heterocycles. The van der Waals surface area contributed by atoms with Crippen LogP contribution in [0.3, 0.4) is 0 Å². The summed E-state index contributed by atoms with van der Waals surface area (Å²) in [4.78, 5) is 59.3. The van der Waals surface area contributed by atoms with E-state index in [1.165, 1.54) is 4.90 Å². The summed E-state index contributed by atoms with van der Waals surface area (Å²) in [6.07, 6.45) is 4.71. The van der Waals surface area contributed by atoms with Gasteiger partial charge in [-0.2, -0.15) is 0 Å². The van der Waals surface area contributed by atoms with E-state index >= 15 is 0 Å². The number of hydrogen-bond acceptors (Lipinski definition) is 7. The predicted molar refractivity (Wildman–Crippen MR) is 167 cm³/mol. The van der Waals surface area contributed by atoms with E-state index in [0.717, 1.165) is 25.8 Å². The number of aliphatic hydroxyl groups excluding tert-OH is 2. The van der Waals surface area contributed by atoms with Crippen LogP contribution in [0.5, 0.6) is 0 Å². The van der Waals surface area contributed by atoms with Gasteiger partial charge < -0.3 is 30.6 Å². The quantitative estimate of drug-likeness (QED) is 0.247. The summed E-state index contributed by atoms with van der Waals surface area (Å²) in [5, 5.41) is 24.3. The van der Waals surface area contributed by atoms with E-state index < -0.39 is 36.3 Å². The Kier molecular flexibility index (Phi) is 13.6. The number of hydrogen-bond donors (Lipinski definition) is 4. The van der Waals surface area contributed by atoms with Crippen LogP contribution in [0.15, 0.2) is 11.6 Å². The molecule has 0 aromatic rings. The van der Waals surface area contributed by atoms with Crippen LogP contribution >= 0.6 is 0 Å². The Hall–Kier alpha value is -2.50. The Balaban J connectivity index is 2.23. The molecular weight excluding hydrogens is 550 g/mol. The average Bonchev–Trinajstić information content (AvgIpc) is 3.45. The fourth-order valence-electron chi connectivity index (χ4n) is 6.08. The lowest BCUT2D eigenvalue weighted by molar-refractivity contribution is -0.142. The average molecular weight is 608 g/mol. The first-order valence-electron chi connectivity index (χ1n) is 15.9. The molecule has 2 rings (SSSR count). The summed E-state index contributed by atoms with van der Waals surface area (Å²) >= 11 is 0. The normalized spacial score (nSPS) is 22.3. The molecule has 11 heteroatoms. The number of likely N-dealkylation sites (tertiary alicyclic amines) is 2. The second-order valence-corrected chi connectivity index (χ2v) is 13.9. The van der Waals surface area contributed by atoms with Gasteiger partial charge in [0.15, 0.2) is 0 Å². The number of carbonyl (C=O) groups excluding carboxylic acids is 4. The minimum absolute atomic E-state index is 0.0274. The SMILES string of the molecule is C/C(=C\[C@H](C(C)C)N(C)C(=O)[C@@H](NC(=O)C1CCCCN1C(C)C)C(C)(C)C)C(=O)N1CCC[C@H]1C(=O)NC[C@H](O)CO. The molecule has 246 valence electrons. The molecule has 0 spiro atoms. The fourth-order valence-corrected chi connectivity index (χ4v) is 6.08. The third-order valence-electron chi connectivity index (χ3n) is 8.68. The molecular formula is C32H57N5O6. The van der Waals surface area contributed by atoms with Gasteiger partial charge in [-0.3, -0.25) is 24.1 Å². The van der Waals surface area contributed by atoms with E-state index in [2.05, 4.69) is 29.4 Å². The van der Waals surface area contributed by atoms with E-state index in [0.29, 0.717) is 25.0 Å². The van der Waals surface area contributed by atoms with Crippen LogP contribution in [0.1, 0.15) is 87.5 Å². The predicted octanol–water partition coefficient (Wildman–Crippen LogP) is 1.67. The van der Waals surface area contributed by atoms with Crippen LogP contribution in [-0.4, -0.2) is 118 Å². The van der Waals surface area contributed by atoms with E-state index in [1.54, 1.807) is 24.9 Å². The first-order chi connectivity index (χ1) is 20.0. The third-order valence-corrected chi connectivity index (χ3v) is 8.68. The van der Waals surface area contributed by atoms with Crippen molar-refractivity contribution in [1.82, 2.24) is 25.3 Å². The molecule has 11 nitrogen and oxygen atoms in total. The van der Waals surface area contributed by atoms with E-state index in [4.69, 9.17) is 5.11 Å². The van der Waals surface area contributed by atoms with Crippen LogP contribution in [0.4, 0.5) is 0 Å². The summed E-state index contributed by atoms with van der Waals surface area (Å²) in [5.74, 6) is -1.01. The zero-order valence-corrected chi connectivity index (χ0v) is 27.9. The number of nitrogens with zero attached hydrogens (tertiary/aromatic N) is 3. The maximum atomic E-state index is 14.1. The molecule has 2 heterocycles. The summed E-state index contributed by atoms with van der Waals surface area (Å²) in [7, 11) is 1.71. The van der Waals surface area contributed by atoms with Crippen molar-refractivity contribution in [2.24, 2.45) is 11.3 Å². The van der Waals surface area contributed by atoms with Gasteiger partial charge in [0.1, 0.15) is 12.1 Å². The molecule has 0 radical (unpaired) electrons. The first kappa shape index (κ1) is 36.7. The fraction of sp³-hybridized carbons (Fsp3) is 0.812. The number of likely N-dealkylation sites (N-methyl/N-ethyl adjacent to an activating group) is 1. The molecule has 2 fully saturated rings. The Labute approximate surface area is 258 Å². The number of rotatable bonds is 12. The molecule has 0 bridgehead atoms. The summed E-state index contributed by atoms with van der Waals surface area (Å²) in [6, 6.07) is -1.88. The maximum absolute atomic E-state index is 14.1. The topological polar surface area (TPSA) is 143 Å². The van der Waals surface area contributed by atoms with Gasteiger partial charge >= 0.3 is 0 Å². The Morgan fingerprint density at radius 1 is 0.977 bits per heavy atom. The smallest absolute Gasteiger partial charge is 0.249 e. The van der Waals surface area contributed by atoms with Crippen molar-refractivity contribution in [3.05, 3.63) is 11.6 Å². The van der Waals surface area contributed by atoms with Gasteiger partial charge in [-0.1, -0.05) is 47.1 Å². The number of aliphatic hydroxyl groups is 2. The highest BCUT2D eigenvalue weighted by atomic mass is 16.3. The molecule has 0 saturated carbocycles. The van der Waals surface area contributed by atoms with Crippen LogP contribution in [0.25, 0.3) is 0 Å². The van der Waals surface area contributed by atoms with E-state index in [1.807, 2.05) is 34.6 Å². The van der Waals surface area contributed by atoms with E-state index in [-0.39, 0.29) is 48.2 Å². The van der Waals surface area contributed by atoms with Gasteiger partial charge in [0.25, 0.3) is 0 Å². The zero-order chi connectivity index (χ0) is 32.6. The molecule has 0 aliphatic carbocycles. The highest BCUT2D eigenvalue weighted by Gasteiger charge is 2.40. The third kappa shape index (κ3) is 9.74. The highest BCUT2D eigenvalue weighted by Crippen LogP contribution is 2.26. The van der Waals surface area contributed by atoms with Crippen LogP contribution < -0.4 is 10.6 Å². The van der Waals surface area contributed by atoms with Crippen LogP contribution in [0.2, 0.25) is 0 Å². The lowest BCUT2D eigenvalue weighted by atomic mass is 9.84. The second kappa shape index (κ2) is 16.0. The molecule has 4 N–H and O–H groups in total.